The van der Waals surface area contributed by atoms with Crippen LogP contribution in [0.25, 0.3) is 0 Å². The number of rotatable bonds is 16. The van der Waals surface area contributed by atoms with E-state index in [1.807, 2.05) is 0 Å². The summed E-state index contributed by atoms with van der Waals surface area (Å²) in [7, 11) is 0. The van der Waals surface area contributed by atoms with Crippen molar-refractivity contribution in [3.63, 3.8) is 0 Å². The predicted molar refractivity (Wildman–Crippen MR) is 104 cm³/mol. The number of carboxylic acid groups (broad SMARTS) is 1. The van der Waals surface area contributed by atoms with Crippen LogP contribution in [0.4, 0.5) is 0 Å². The molecule has 0 aromatic rings. The van der Waals surface area contributed by atoms with E-state index in [1.54, 1.807) is 6.92 Å². The van der Waals surface area contributed by atoms with Gasteiger partial charge in [-0.1, -0.05) is 71.1 Å². The number of nitrogens with one attached hydrogen (secondary N) is 2. The van der Waals surface area contributed by atoms with Crippen molar-refractivity contribution in [1.29, 1.82) is 0 Å². The molecule has 2 amide bonds. The minimum Gasteiger partial charge on any atom is -0.480 e. The molecule has 0 saturated heterocycles. The molecule has 0 aromatic heterocycles. The fraction of sp³-hybridized carbons (Fsp3) is 0.850. The lowest BCUT2D eigenvalue weighted by Crippen LogP contribution is -2.49. The zero-order chi connectivity index (χ0) is 19.8. The van der Waals surface area contributed by atoms with Gasteiger partial charge >= 0.3 is 5.97 Å². The minimum atomic E-state index is -1.10. The molecule has 0 aliphatic rings. The highest BCUT2D eigenvalue weighted by Gasteiger charge is 2.20. The number of hydrogen-bond acceptors (Lipinski definition) is 3. The van der Waals surface area contributed by atoms with Gasteiger partial charge in [0.15, 0.2) is 0 Å². The summed E-state index contributed by atoms with van der Waals surface area (Å²) in [6.45, 7) is 5.18. The van der Waals surface area contributed by atoms with E-state index in [4.69, 9.17) is 5.11 Å². The van der Waals surface area contributed by atoms with Gasteiger partial charge in [0, 0.05) is 6.42 Å². The fourth-order valence-electron chi connectivity index (χ4n) is 2.73. The van der Waals surface area contributed by atoms with E-state index in [9.17, 15) is 14.4 Å². The zero-order valence-electron chi connectivity index (χ0n) is 16.8. The van der Waals surface area contributed by atoms with Crippen LogP contribution in [0.5, 0.6) is 0 Å². The van der Waals surface area contributed by atoms with Crippen LogP contribution in [0.1, 0.15) is 97.8 Å². The Labute approximate surface area is 158 Å². The third kappa shape index (κ3) is 13.7. The first-order valence-electron chi connectivity index (χ1n) is 10.2. The topological polar surface area (TPSA) is 95.5 Å². The van der Waals surface area contributed by atoms with Crippen molar-refractivity contribution in [3.8, 4) is 0 Å². The lowest BCUT2D eigenvalue weighted by molar-refractivity contribution is -0.141. The highest BCUT2D eigenvalue weighted by molar-refractivity contribution is 5.89. The number of carbonyl (C=O) groups excluding carboxylic acids is 2. The normalized spacial score (nSPS) is 13.0. The minimum absolute atomic E-state index is 0.161. The maximum absolute atomic E-state index is 11.8. The molecule has 152 valence electrons. The van der Waals surface area contributed by atoms with E-state index in [0.717, 1.165) is 19.3 Å². The summed E-state index contributed by atoms with van der Waals surface area (Å²) < 4.78 is 0. The van der Waals surface area contributed by atoms with E-state index in [-0.39, 0.29) is 5.91 Å². The van der Waals surface area contributed by atoms with Crippen molar-refractivity contribution in [2.24, 2.45) is 0 Å². The van der Waals surface area contributed by atoms with Crippen LogP contribution in [0.15, 0.2) is 0 Å². The molecule has 0 aliphatic carbocycles. The van der Waals surface area contributed by atoms with E-state index in [0.29, 0.717) is 6.42 Å². The second-order valence-corrected chi connectivity index (χ2v) is 7.14. The second kappa shape index (κ2) is 15.6. The first kappa shape index (κ1) is 24.4. The first-order valence-corrected chi connectivity index (χ1v) is 10.2. The molecule has 0 aromatic carbocycles. The van der Waals surface area contributed by atoms with Crippen LogP contribution in [-0.2, 0) is 14.4 Å². The molecular formula is C20H38N2O4. The molecule has 3 N–H and O–H groups in total. The largest absolute Gasteiger partial charge is 0.480 e. The average Bonchev–Trinajstić information content (AvgIpc) is 2.59. The summed E-state index contributed by atoms with van der Waals surface area (Å²) in [5, 5.41) is 13.7. The lowest BCUT2D eigenvalue weighted by Gasteiger charge is -2.16. The van der Waals surface area contributed by atoms with Gasteiger partial charge in [0.2, 0.25) is 11.8 Å². The predicted octanol–water partition coefficient (Wildman–Crippen LogP) is 3.78. The maximum Gasteiger partial charge on any atom is 0.325 e. The third-order valence-electron chi connectivity index (χ3n) is 4.51. The number of unbranched alkanes of at least 4 members (excludes halogenated alkanes) is 10. The Balaban J connectivity index is 3.59. The molecule has 0 aliphatic heterocycles. The average molecular weight is 371 g/mol. The second-order valence-electron chi connectivity index (χ2n) is 7.14. The smallest absolute Gasteiger partial charge is 0.325 e. The van der Waals surface area contributed by atoms with Crippen molar-refractivity contribution in [3.05, 3.63) is 0 Å². The molecule has 0 bridgehead atoms. The van der Waals surface area contributed by atoms with Crippen LogP contribution in [0.2, 0.25) is 0 Å². The number of hydrogen-bond donors (Lipinski definition) is 3. The molecule has 0 radical (unpaired) electrons. The van der Waals surface area contributed by atoms with Crippen LogP contribution in [0.3, 0.4) is 0 Å². The van der Waals surface area contributed by atoms with Crippen molar-refractivity contribution < 1.29 is 19.5 Å². The molecule has 0 rings (SSSR count). The van der Waals surface area contributed by atoms with Crippen LogP contribution >= 0.6 is 0 Å². The van der Waals surface area contributed by atoms with Gasteiger partial charge in [-0.2, -0.15) is 0 Å². The van der Waals surface area contributed by atoms with Crippen molar-refractivity contribution >= 4 is 17.8 Å². The first-order chi connectivity index (χ1) is 12.4. The monoisotopic (exact) mass is 370 g/mol. The van der Waals surface area contributed by atoms with E-state index >= 15 is 0 Å². The van der Waals surface area contributed by atoms with E-state index in [1.165, 1.54) is 58.3 Å². The number of amides is 2. The molecule has 26 heavy (non-hydrogen) atoms. The van der Waals surface area contributed by atoms with E-state index in [2.05, 4.69) is 17.6 Å². The van der Waals surface area contributed by atoms with Crippen LogP contribution < -0.4 is 10.6 Å². The standard InChI is InChI=1S/C20H38N2O4/c1-4-5-6-7-8-9-10-11-12-13-14-15-18(23)21-16(2)19(24)22-17(3)20(25)26/h16-17H,4-15H2,1-3H3,(H,21,23)(H,22,24)(H,25,26)/t16-,17-/m0/s1. The van der Waals surface area contributed by atoms with Crippen LogP contribution in [-0.4, -0.2) is 35.0 Å². The van der Waals surface area contributed by atoms with Gasteiger partial charge in [0.1, 0.15) is 12.1 Å². The summed E-state index contributed by atoms with van der Waals surface area (Å²) >= 11 is 0. The van der Waals surface area contributed by atoms with E-state index < -0.39 is 24.0 Å². The van der Waals surface area contributed by atoms with Crippen molar-refractivity contribution in [2.45, 2.75) is 110 Å². The molecule has 0 heterocycles. The summed E-state index contributed by atoms with van der Waals surface area (Å²) in [6, 6.07) is -1.69. The van der Waals surface area contributed by atoms with Crippen LogP contribution in [0, 0.1) is 0 Å². The Bertz CT molecular complexity index is 413. The lowest BCUT2D eigenvalue weighted by atomic mass is 10.1. The number of carbonyl (C=O) groups is 3. The SMILES string of the molecule is CCCCCCCCCCCCCC(=O)N[C@@H](C)C(=O)N[C@@H](C)C(=O)O. The molecule has 6 heteroatoms. The summed E-state index contributed by atoms with van der Waals surface area (Å²) in [5.74, 6) is -1.74. The van der Waals surface area contributed by atoms with Gasteiger partial charge in [0.25, 0.3) is 0 Å². The third-order valence-corrected chi connectivity index (χ3v) is 4.51. The molecule has 0 saturated carbocycles. The Morgan fingerprint density at radius 3 is 1.65 bits per heavy atom. The summed E-state index contributed by atoms with van der Waals surface area (Å²) in [4.78, 5) is 34.3. The molecule has 0 unspecified atom stereocenters. The molecular weight excluding hydrogens is 332 g/mol. The Morgan fingerprint density at radius 2 is 1.19 bits per heavy atom. The Kier molecular flexibility index (Phi) is 14.7. The summed E-state index contributed by atoms with van der Waals surface area (Å²) in [5.41, 5.74) is 0. The van der Waals surface area contributed by atoms with Gasteiger partial charge < -0.3 is 15.7 Å². The molecule has 0 spiro atoms. The molecule has 2 atom stereocenters. The van der Waals surface area contributed by atoms with Gasteiger partial charge in [-0.3, -0.25) is 14.4 Å². The Morgan fingerprint density at radius 1 is 0.731 bits per heavy atom. The Hall–Kier alpha value is -1.59. The van der Waals surface area contributed by atoms with Crippen molar-refractivity contribution in [1.82, 2.24) is 10.6 Å². The number of carboxylic acids is 1. The van der Waals surface area contributed by atoms with Gasteiger partial charge in [-0.15, -0.1) is 0 Å². The van der Waals surface area contributed by atoms with Gasteiger partial charge in [0.05, 0.1) is 0 Å². The summed E-state index contributed by atoms with van der Waals surface area (Å²) in [6.07, 6.45) is 13.9. The highest BCUT2D eigenvalue weighted by Crippen LogP contribution is 2.11. The van der Waals surface area contributed by atoms with Gasteiger partial charge in [-0.05, 0) is 20.3 Å². The van der Waals surface area contributed by atoms with Gasteiger partial charge in [-0.25, -0.2) is 0 Å². The molecule has 6 nitrogen and oxygen atoms in total. The van der Waals surface area contributed by atoms with Crippen molar-refractivity contribution in [2.75, 3.05) is 0 Å². The number of aliphatic carboxylic acids is 1. The zero-order valence-corrected chi connectivity index (χ0v) is 16.8. The molecule has 0 fully saturated rings. The fourth-order valence-corrected chi connectivity index (χ4v) is 2.73. The maximum atomic E-state index is 11.8. The highest BCUT2D eigenvalue weighted by atomic mass is 16.4. The quantitative estimate of drug-likeness (QED) is 0.360.